The van der Waals surface area contributed by atoms with E-state index in [-0.39, 0.29) is 28.1 Å². The summed E-state index contributed by atoms with van der Waals surface area (Å²) in [5.74, 6) is -1.30. The lowest BCUT2D eigenvalue weighted by Gasteiger charge is -2.20. The molecule has 1 aromatic carbocycles. The summed E-state index contributed by atoms with van der Waals surface area (Å²) >= 11 is 1.53. The van der Waals surface area contributed by atoms with Gasteiger partial charge in [-0.15, -0.1) is 11.3 Å². The lowest BCUT2D eigenvalue weighted by atomic mass is 9.85. The molecule has 1 saturated carbocycles. The van der Waals surface area contributed by atoms with E-state index >= 15 is 8.78 Å². The topological polar surface area (TPSA) is 39.1 Å². The number of Topliss-reactive ketones (excluding diaryl/α,β-unsaturated/α-hetero) is 1. The van der Waals surface area contributed by atoms with Crippen molar-refractivity contribution >= 4 is 28.0 Å². The van der Waals surface area contributed by atoms with E-state index in [1.165, 1.54) is 34.9 Å². The van der Waals surface area contributed by atoms with Crippen LogP contribution in [-0.2, 0) is 6.42 Å². The highest BCUT2D eigenvalue weighted by Gasteiger charge is 2.31. The van der Waals surface area contributed by atoms with Crippen LogP contribution in [0.4, 0.5) is 8.78 Å². The number of benzene rings is 1. The molecular formula is C24H23F2NO2S. The second-order valence-electron chi connectivity index (χ2n) is 8.50. The summed E-state index contributed by atoms with van der Waals surface area (Å²) in [4.78, 5) is 26.7. The number of halogens is 2. The fourth-order valence-corrected chi connectivity index (χ4v) is 6.04. The number of carbonyl (C=O) groups excluding carboxylic acids is 1. The third-order valence-corrected chi connectivity index (χ3v) is 7.75. The van der Waals surface area contributed by atoms with E-state index < -0.39 is 22.8 Å². The van der Waals surface area contributed by atoms with E-state index in [2.05, 4.69) is 6.92 Å². The Bertz CT molecular complexity index is 1250. The van der Waals surface area contributed by atoms with Crippen LogP contribution in [-0.4, -0.2) is 10.4 Å². The predicted octanol–water partition coefficient (Wildman–Crippen LogP) is 6.38. The number of pyridine rings is 1. The Morgan fingerprint density at radius 3 is 2.67 bits per heavy atom. The Morgan fingerprint density at radius 1 is 1.23 bits per heavy atom. The van der Waals surface area contributed by atoms with E-state index in [0.29, 0.717) is 10.8 Å². The second-order valence-corrected chi connectivity index (χ2v) is 9.63. The highest BCUT2D eigenvalue weighted by Crippen LogP contribution is 2.44. The average molecular weight is 428 g/mol. The molecule has 6 heteroatoms. The van der Waals surface area contributed by atoms with Crippen LogP contribution in [0, 0.1) is 11.6 Å². The maximum absolute atomic E-state index is 15.8. The third-order valence-electron chi connectivity index (χ3n) is 6.50. The van der Waals surface area contributed by atoms with Crippen molar-refractivity contribution < 1.29 is 13.6 Å². The Balaban J connectivity index is 1.78. The van der Waals surface area contributed by atoms with Gasteiger partial charge in [-0.25, -0.2) is 8.78 Å². The van der Waals surface area contributed by atoms with Crippen LogP contribution in [0.2, 0.25) is 0 Å². The number of ketones is 1. The number of thiophene rings is 1. The van der Waals surface area contributed by atoms with Crippen LogP contribution < -0.4 is 5.43 Å². The van der Waals surface area contributed by atoms with Crippen LogP contribution in [0.1, 0.15) is 78.7 Å². The number of carbonyl (C=O) groups is 1. The lowest BCUT2D eigenvalue weighted by Crippen LogP contribution is -2.19. The minimum absolute atomic E-state index is 0.00337. The minimum atomic E-state index is -0.762. The molecule has 1 unspecified atom stereocenters. The molecule has 0 radical (unpaired) electrons. The molecule has 0 saturated heterocycles. The van der Waals surface area contributed by atoms with Gasteiger partial charge in [-0.05, 0) is 69.1 Å². The Labute approximate surface area is 177 Å². The van der Waals surface area contributed by atoms with Crippen molar-refractivity contribution in [3.05, 3.63) is 56.2 Å². The van der Waals surface area contributed by atoms with Gasteiger partial charge in [0.1, 0.15) is 5.82 Å². The zero-order chi connectivity index (χ0) is 21.2. The molecule has 30 heavy (non-hydrogen) atoms. The van der Waals surface area contributed by atoms with Gasteiger partial charge in [-0.3, -0.25) is 9.59 Å². The van der Waals surface area contributed by atoms with Gasteiger partial charge in [0, 0.05) is 27.6 Å². The first-order valence-electron chi connectivity index (χ1n) is 10.6. The van der Waals surface area contributed by atoms with E-state index in [1.807, 2.05) is 6.07 Å². The maximum Gasteiger partial charge on any atom is 0.203 e. The van der Waals surface area contributed by atoms with Crippen LogP contribution in [0.15, 0.2) is 23.1 Å². The molecule has 2 aromatic heterocycles. The fourth-order valence-electron chi connectivity index (χ4n) is 4.74. The molecule has 0 aliphatic heterocycles. The number of aryl methyl sites for hydroxylation is 1. The number of nitrogens with zero attached hydrogens (tertiary/aromatic N) is 1. The first-order chi connectivity index (χ1) is 14.4. The number of fused-ring (bicyclic) bond motifs is 2. The van der Waals surface area contributed by atoms with Gasteiger partial charge in [0.15, 0.2) is 11.6 Å². The molecule has 1 fully saturated rings. The molecule has 3 nitrogen and oxygen atoms in total. The summed E-state index contributed by atoms with van der Waals surface area (Å²) in [6.45, 7) is 3.44. The fraction of sp³-hybridized carbons (Fsp3) is 0.417. The second kappa shape index (κ2) is 7.12. The van der Waals surface area contributed by atoms with Crippen molar-refractivity contribution in [2.45, 2.75) is 64.3 Å². The van der Waals surface area contributed by atoms with Crippen molar-refractivity contribution in [2.75, 3.05) is 0 Å². The number of hydrogen-bond donors (Lipinski definition) is 0. The summed E-state index contributed by atoms with van der Waals surface area (Å²) in [5, 5.41) is -0.316. The van der Waals surface area contributed by atoms with Gasteiger partial charge in [-0.1, -0.05) is 6.92 Å². The maximum atomic E-state index is 15.8. The molecule has 5 rings (SSSR count). The standard InChI is InChI=1S/C24H23F2NO2S/c1-3-13-5-4-6-19-15(13)10-20(30-19)16-9-18(25)21-23(22(16)26)27(14-7-8-14)11-17(12(2)28)24(21)29/h9-11,13-14H,3-8H2,1-2H3. The summed E-state index contributed by atoms with van der Waals surface area (Å²) in [7, 11) is 0. The van der Waals surface area contributed by atoms with E-state index in [0.717, 1.165) is 44.6 Å². The zero-order valence-electron chi connectivity index (χ0n) is 17.1. The lowest BCUT2D eigenvalue weighted by molar-refractivity contribution is 0.101. The third kappa shape index (κ3) is 2.96. The van der Waals surface area contributed by atoms with E-state index in [1.54, 1.807) is 4.57 Å². The SMILES string of the molecule is CCC1CCCc2sc(-c3cc(F)c4c(=O)c(C(C)=O)cn(C5CC5)c4c3F)cc21. The van der Waals surface area contributed by atoms with Gasteiger partial charge in [0.25, 0.3) is 0 Å². The average Bonchev–Trinajstić information content (AvgIpc) is 3.47. The van der Waals surface area contributed by atoms with Crippen LogP contribution >= 0.6 is 11.3 Å². The van der Waals surface area contributed by atoms with Crippen LogP contribution in [0.25, 0.3) is 21.3 Å². The molecule has 2 aliphatic carbocycles. The molecule has 0 amide bonds. The highest BCUT2D eigenvalue weighted by atomic mass is 32.1. The van der Waals surface area contributed by atoms with Crippen molar-refractivity contribution in [2.24, 2.45) is 0 Å². The summed E-state index contributed by atoms with van der Waals surface area (Å²) in [6, 6.07) is 3.15. The smallest absolute Gasteiger partial charge is 0.203 e. The number of rotatable bonds is 4. The molecule has 2 heterocycles. The van der Waals surface area contributed by atoms with Crippen molar-refractivity contribution in [1.82, 2.24) is 4.57 Å². The van der Waals surface area contributed by atoms with Gasteiger partial charge >= 0.3 is 0 Å². The predicted molar refractivity (Wildman–Crippen MR) is 116 cm³/mol. The number of aromatic nitrogens is 1. The van der Waals surface area contributed by atoms with Crippen LogP contribution in [0.5, 0.6) is 0 Å². The Morgan fingerprint density at radius 2 is 2.00 bits per heavy atom. The molecule has 0 bridgehead atoms. The zero-order valence-corrected chi connectivity index (χ0v) is 17.9. The summed E-state index contributed by atoms with van der Waals surface area (Å²) in [6.07, 6.45) is 7.33. The largest absolute Gasteiger partial charge is 0.341 e. The van der Waals surface area contributed by atoms with Crippen molar-refractivity contribution in [3.8, 4) is 10.4 Å². The number of hydrogen-bond acceptors (Lipinski definition) is 3. The molecule has 3 aromatic rings. The molecule has 2 aliphatic rings. The van der Waals surface area contributed by atoms with Gasteiger partial charge < -0.3 is 4.57 Å². The summed E-state index contributed by atoms with van der Waals surface area (Å²) in [5.41, 5.74) is 0.640. The molecule has 0 N–H and O–H groups in total. The minimum Gasteiger partial charge on any atom is -0.341 e. The van der Waals surface area contributed by atoms with Crippen molar-refractivity contribution in [3.63, 3.8) is 0 Å². The monoisotopic (exact) mass is 427 g/mol. The molecule has 1 atom stereocenters. The van der Waals surface area contributed by atoms with E-state index in [9.17, 15) is 9.59 Å². The van der Waals surface area contributed by atoms with Crippen molar-refractivity contribution in [1.29, 1.82) is 0 Å². The van der Waals surface area contributed by atoms with E-state index in [4.69, 9.17) is 0 Å². The first-order valence-corrected chi connectivity index (χ1v) is 11.4. The van der Waals surface area contributed by atoms with Crippen LogP contribution in [0.3, 0.4) is 0 Å². The normalized spacial score (nSPS) is 18.6. The van der Waals surface area contributed by atoms with Gasteiger partial charge in [0.05, 0.1) is 16.5 Å². The first kappa shape index (κ1) is 19.6. The van der Waals surface area contributed by atoms with Gasteiger partial charge in [0.2, 0.25) is 5.43 Å². The molecule has 0 spiro atoms. The molecule has 156 valence electrons. The molecular weight excluding hydrogens is 404 g/mol. The Kier molecular flexibility index (Phi) is 4.65. The summed E-state index contributed by atoms with van der Waals surface area (Å²) < 4.78 is 32.7. The highest BCUT2D eigenvalue weighted by molar-refractivity contribution is 7.15. The Hall–Kier alpha value is -2.34. The van der Waals surface area contributed by atoms with Gasteiger partial charge in [-0.2, -0.15) is 0 Å². The quantitative estimate of drug-likeness (QED) is 0.454.